The fourth-order valence-electron chi connectivity index (χ4n) is 1.61. The second-order valence-electron chi connectivity index (χ2n) is 5.35. The average Bonchev–Trinajstić information content (AvgIpc) is 2.52. The molecule has 0 saturated heterocycles. The molecule has 0 spiro atoms. The van der Waals surface area contributed by atoms with Crippen LogP contribution in [0.5, 0.6) is 5.75 Å². The van der Waals surface area contributed by atoms with E-state index in [1.165, 1.54) is 12.1 Å². The molecule has 1 atom stereocenters. The summed E-state index contributed by atoms with van der Waals surface area (Å²) in [6, 6.07) is 4.41. The Labute approximate surface area is 157 Å². The number of rotatable bonds is 8. The number of sulfonamides is 2. The van der Waals surface area contributed by atoms with Crippen molar-refractivity contribution in [1.82, 2.24) is 0 Å². The van der Waals surface area contributed by atoms with Gasteiger partial charge in [0.25, 0.3) is 0 Å². The fourth-order valence-corrected chi connectivity index (χ4v) is 5.19. The number of nitrogens with zero attached hydrogens (tertiary/aromatic N) is 1. The van der Waals surface area contributed by atoms with Gasteiger partial charge in [-0.2, -0.15) is 30.4 Å². The van der Waals surface area contributed by atoms with Crippen LogP contribution in [0.25, 0.3) is 4.13 Å². The van der Waals surface area contributed by atoms with Crippen LogP contribution in [0.15, 0.2) is 24.3 Å². The Kier molecular flexibility index (Phi) is 6.76. The van der Waals surface area contributed by atoms with Crippen LogP contribution < -0.4 is 4.18 Å². The average molecular weight is 474 g/mol. The molecule has 162 valence electrons. The van der Waals surface area contributed by atoms with Gasteiger partial charge in [0.1, 0.15) is 5.75 Å². The van der Waals surface area contributed by atoms with E-state index in [0.717, 1.165) is 16.3 Å². The second kappa shape index (κ2) is 7.72. The topological polar surface area (TPSA) is 126 Å². The van der Waals surface area contributed by atoms with E-state index in [1.807, 2.05) is 6.92 Å². The first-order chi connectivity index (χ1) is 12.4. The summed E-state index contributed by atoms with van der Waals surface area (Å²) >= 11 is 0. The van der Waals surface area contributed by atoms with Crippen LogP contribution in [-0.2, 0) is 30.2 Å². The lowest BCUT2D eigenvalue weighted by molar-refractivity contribution is -0.0425. The molecule has 1 aromatic rings. The van der Waals surface area contributed by atoms with E-state index in [9.17, 15) is 47.2 Å². The quantitative estimate of drug-likeness (QED) is 0.419. The van der Waals surface area contributed by atoms with Crippen LogP contribution >= 0.6 is 0 Å². The summed E-state index contributed by atoms with van der Waals surface area (Å²) < 4.78 is 130. The zero-order valence-corrected chi connectivity index (χ0v) is 16.5. The molecule has 0 bridgehead atoms. The number of alkyl halides is 5. The minimum absolute atomic E-state index is 0.0128. The van der Waals surface area contributed by atoms with Gasteiger partial charge in [-0.3, -0.25) is 0 Å². The number of hydrogen-bond acceptors (Lipinski definition) is 7. The Morgan fingerprint density at radius 3 is 1.79 bits per heavy atom. The predicted molar refractivity (Wildman–Crippen MR) is 86.9 cm³/mol. The molecule has 8 nitrogen and oxygen atoms in total. The minimum atomic E-state index is -7.03. The van der Waals surface area contributed by atoms with Gasteiger partial charge in [-0.15, -0.1) is 0 Å². The smallest absolute Gasteiger partial charge is 0.422 e. The van der Waals surface area contributed by atoms with Crippen LogP contribution in [0.4, 0.5) is 22.0 Å². The minimum Gasteiger partial charge on any atom is -0.422 e. The molecule has 0 heterocycles. The van der Waals surface area contributed by atoms with E-state index in [4.69, 9.17) is 0 Å². The molecular formula is C12H13F5NO7S3-. The third kappa shape index (κ3) is 4.90. The van der Waals surface area contributed by atoms with Crippen molar-refractivity contribution in [2.75, 3.05) is 0 Å². The summed E-state index contributed by atoms with van der Waals surface area (Å²) in [5, 5.41) is 0. The molecule has 0 saturated carbocycles. The van der Waals surface area contributed by atoms with Crippen LogP contribution in [0.2, 0.25) is 0 Å². The molecule has 0 radical (unpaired) electrons. The summed E-state index contributed by atoms with van der Waals surface area (Å²) in [7, 11) is -20.5. The van der Waals surface area contributed by atoms with Crippen molar-refractivity contribution in [1.29, 1.82) is 0 Å². The Hall–Kier alpha value is -1.52. The molecule has 0 aliphatic heterocycles. The van der Waals surface area contributed by atoms with Gasteiger partial charge in [-0.05, 0) is 30.0 Å². The molecule has 1 unspecified atom stereocenters. The second-order valence-corrected chi connectivity index (χ2v) is 10.7. The first kappa shape index (κ1) is 24.5. The number of hydrogen-bond donors (Lipinski definition) is 0. The number of halogens is 5. The lowest BCUT2D eigenvalue weighted by Gasteiger charge is -2.26. The van der Waals surface area contributed by atoms with E-state index in [-0.39, 0.29) is 5.92 Å². The highest BCUT2D eigenvalue weighted by molar-refractivity contribution is 8.18. The molecular weight excluding hydrogens is 461 g/mol. The van der Waals surface area contributed by atoms with Crippen LogP contribution in [-0.4, -0.2) is 35.3 Å². The highest BCUT2D eigenvalue weighted by Crippen LogP contribution is 2.39. The van der Waals surface area contributed by atoms with Crippen LogP contribution in [0.1, 0.15) is 31.7 Å². The molecule has 0 aliphatic rings. The maximum atomic E-state index is 13.8. The lowest BCUT2D eigenvalue weighted by atomic mass is 9.99. The van der Waals surface area contributed by atoms with E-state index >= 15 is 0 Å². The summed E-state index contributed by atoms with van der Waals surface area (Å²) in [4.78, 5) is 0. The lowest BCUT2D eigenvalue weighted by Crippen LogP contribution is -2.41. The molecule has 1 rings (SSSR count). The van der Waals surface area contributed by atoms with Gasteiger partial charge >= 0.3 is 20.2 Å². The maximum Gasteiger partial charge on any atom is 0.480 e. The SMILES string of the molecule is CCC(C)c1ccc(OS(=O)(=O)C(F)(F)S(=O)(=O)[N-]S(=O)(=O)C(F)(F)F)cc1. The third-order valence-electron chi connectivity index (χ3n) is 3.35. The summed E-state index contributed by atoms with van der Waals surface area (Å²) in [6.07, 6.45) is 0.685. The summed E-state index contributed by atoms with van der Waals surface area (Å²) in [6.45, 7) is 3.64. The van der Waals surface area contributed by atoms with Crippen LogP contribution in [0.3, 0.4) is 0 Å². The van der Waals surface area contributed by atoms with Crippen molar-refractivity contribution in [3.8, 4) is 5.75 Å². The van der Waals surface area contributed by atoms with Crippen molar-refractivity contribution in [3.63, 3.8) is 0 Å². The van der Waals surface area contributed by atoms with Crippen molar-refractivity contribution < 1.29 is 51.4 Å². The summed E-state index contributed by atoms with van der Waals surface area (Å²) in [5.74, 6) is -0.764. The standard InChI is InChI=1S/C12H13F5NO7S3/c1-3-8(2)9-4-6-10(7-5-9)25-28(23,24)12(16,17)27(21,22)18-26(19,20)11(13,14)15/h4-8H,3H2,1-2H3/q-1. The molecule has 0 fully saturated rings. The fraction of sp³-hybridized carbons (Fsp3) is 0.500. The first-order valence-electron chi connectivity index (χ1n) is 7.10. The van der Waals surface area contributed by atoms with Crippen molar-refractivity contribution in [3.05, 3.63) is 34.0 Å². The largest absolute Gasteiger partial charge is 0.480 e. The van der Waals surface area contributed by atoms with Gasteiger partial charge in [0.2, 0.25) is 0 Å². The summed E-state index contributed by atoms with van der Waals surface area (Å²) in [5.41, 5.74) is -5.68. The zero-order valence-electron chi connectivity index (χ0n) is 14.0. The highest BCUT2D eigenvalue weighted by atomic mass is 32.3. The van der Waals surface area contributed by atoms with E-state index in [1.54, 1.807) is 6.92 Å². The molecule has 0 aliphatic carbocycles. The molecule has 1 aromatic carbocycles. The van der Waals surface area contributed by atoms with Gasteiger partial charge in [0.05, 0.1) is 0 Å². The van der Waals surface area contributed by atoms with Gasteiger partial charge in [-0.25, -0.2) is 16.8 Å². The Balaban J connectivity index is 3.21. The normalized spacial score (nSPS) is 15.2. The monoisotopic (exact) mass is 474 g/mol. The molecule has 0 N–H and O–H groups in total. The van der Waals surface area contributed by atoms with Crippen molar-refractivity contribution in [2.24, 2.45) is 0 Å². The van der Waals surface area contributed by atoms with Gasteiger partial charge in [0, 0.05) is 0 Å². The predicted octanol–water partition coefficient (Wildman–Crippen LogP) is 3.01. The third-order valence-corrected chi connectivity index (χ3v) is 8.34. The molecule has 0 aromatic heterocycles. The number of benzene rings is 1. The van der Waals surface area contributed by atoms with E-state index in [0.29, 0.717) is 12.0 Å². The van der Waals surface area contributed by atoms with Crippen molar-refractivity contribution in [2.45, 2.75) is 36.3 Å². The highest BCUT2D eigenvalue weighted by Gasteiger charge is 2.57. The van der Waals surface area contributed by atoms with E-state index < -0.39 is 46.0 Å². The van der Waals surface area contributed by atoms with Gasteiger partial charge < -0.3 is 8.31 Å². The first-order valence-corrected chi connectivity index (χ1v) is 11.4. The Morgan fingerprint density at radius 2 is 1.39 bits per heavy atom. The van der Waals surface area contributed by atoms with Gasteiger partial charge in [-0.1, -0.05) is 26.0 Å². The van der Waals surface area contributed by atoms with Gasteiger partial charge in [0.15, 0.2) is 20.0 Å². The maximum absolute atomic E-state index is 13.8. The molecule has 28 heavy (non-hydrogen) atoms. The van der Waals surface area contributed by atoms with Crippen molar-refractivity contribution >= 4 is 30.2 Å². The van der Waals surface area contributed by atoms with Crippen LogP contribution in [0, 0.1) is 0 Å². The molecule has 0 amide bonds. The zero-order chi connectivity index (χ0) is 22.2. The Morgan fingerprint density at radius 1 is 0.929 bits per heavy atom. The Bertz CT molecular complexity index is 1020. The van der Waals surface area contributed by atoms with E-state index in [2.05, 4.69) is 4.18 Å². The molecule has 16 heteroatoms.